The van der Waals surface area contributed by atoms with Gasteiger partial charge in [-0.15, -0.1) is 0 Å². The molecule has 5 heteroatoms. The molecule has 0 aliphatic carbocycles. The van der Waals surface area contributed by atoms with E-state index in [4.69, 9.17) is 4.98 Å². The number of hydrogen-bond acceptors (Lipinski definition) is 3. The predicted octanol–water partition coefficient (Wildman–Crippen LogP) is 6.07. The molecule has 7 aromatic rings. The molecule has 7 rings (SSSR count). The summed E-state index contributed by atoms with van der Waals surface area (Å²) in [6.07, 6.45) is 3.53. The maximum Gasteiger partial charge on any atom is 0.235 e. The standard InChI is InChI=1S/C27H17N5/c1-2-9-18(10-3-1)31-23-13-6-4-11-19(23)21-17-22-20-12-5-7-14-24(20)32(26(22)30-25(21)31)27-28-15-8-16-29-27/h1-17H. The van der Waals surface area contributed by atoms with Gasteiger partial charge in [-0.1, -0.05) is 54.6 Å². The number of rotatable bonds is 2. The summed E-state index contributed by atoms with van der Waals surface area (Å²) in [5.41, 5.74) is 5.05. The summed E-state index contributed by atoms with van der Waals surface area (Å²) >= 11 is 0. The molecule has 4 heterocycles. The second-order valence-corrected chi connectivity index (χ2v) is 7.82. The highest BCUT2D eigenvalue weighted by Crippen LogP contribution is 2.37. The summed E-state index contributed by atoms with van der Waals surface area (Å²) in [4.78, 5) is 14.3. The first-order valence-corrected chi connectivity index (χ1v) is 10.6. The summed E-state index contributed by atoms with van der Waals surface area (Å²) < 4.78 is 4.29. The van der Waals surface area contributed by atoms with E-state index >= 15 is 0 Å². The van der Waals surface area contributed by atoms with Gasteiger partial charge in [0.05, 0.1) is 11.0 Å². The lowest BCUT2D eigenvalue weighted by molar-refractivity contribution is 0.975. The van der Waals surface area contributed by atoms with E-state index in [-0.39, 0.29) is 0 Å². The maximum atomic E-state index is 5.25. The van der Waals surface area contributed by atoms with Crippen LogP contribution in [-0.2, 0) is 0 Å². The van der Waals surface area contributed by atoms with Gasteiger partial charge in [0.25, 0.3) is 0 Å². The minimum atomic E-state index is 0.618. The smallest absolute Gasteiger partial charge is 0.235 e. The molecule has 0 fully saturated rings. The molecule has 0 atom stereocenters. The zero-order valence-electron chi connectivity index (χ0n) is 17.1. The third kappa shape index (κ3) is 2.30. The van der Waals surface area contributed by atoms with Gasteiger partial charge in [-0.05, 0) is 36.4 Å². The van der Waals surface area contributed by atoms with Crippen LogP contribution in [0.2, 0.25) is 0 Å². The second kappa shape index (κ2) is 6.49. The van der Waals surface area contributed by atoms with Gasteiger partial charge in [0.15, 0.2) is 5.65 Å². The Morgan fingerprint density at radius 1 is 0.500 bits per heavy atom. The van der Waals surface area contributed by atoms with Crippen molar-refractivity contribution < 1.29 is 0 Å². The monoisotopic (exact) mass is 411 g/mol. The Labute approximate surface area is 183 Å². The van der Waals surface area contributed by atoms with Crippen LogP contribution in [0.1, 0.15) is 0 Å². The minimum Gasteiger partial charge on any atom is -0.294 e. The number of fused-ring (bicyclic) bond motifs is 6. The minimum absolute atomic E-state index is 0.618. The molecule has 4 aromatic heterocycles. The van der Waals surface area contributed by atoms with Crippen molar-refractivity contribution in [1.29, 1.82) is 0 Å². The Bertz CT molecular complexity index is 1630. The van der Waals surface area contributed by atoms with Crippen LogP contribution in [0.5, 0.6) is 0 Å². The predicted molar refractivity (Wildman–Crippen MR) is 129 cm³/mol. The summed E-state index contributed by atoms with van der Waals surface area (Å²) in [5, 5.41) is 4.56. The third-order valence-corrected chi connectivity index (χ3v) is 6.04. The largest absolute Gasteiger partial charge is 0.294 e. The zero-order valence-corrected chi connectivity index (χ0v) is 17.1. The van der Waals surface area contributed by atoms with E-state index in [1.807, 2.05) is 18.2 Å². The Hall–Kier alpha value is -4.51. The molecule has 150 valence electrons. The Morgan fingerprint density at radius 2 is 1.06 bits per heavy atom. The average Bonchev–Trinajstić information content (AvgIpc) is 3.36. The van der Waals surface area contributed by atoms with E-state index in [0.717, 1.165) is 44.2 Å². The van der Waals surface area contributed by atoms with Gasteiger partial charge in [-0.25, -0.2) is 15.0 Å². The molecule has 0 saturated heterocycles. The molecule has 32 heavy (non-hydrogen) atoms. The third-order valence-electron chi connectivity index (χ3n) is 6.04. The second-order valence-electron chi connectivity index (χ2n) is 7.82. The van der Waals surface area contributed by atoms with E-state index in [1.54, 1.807) is 12.4 Å². The molecule has 0 aliphatic rings. The molecule has 0 amide bonds. The lowest BCUT2D eigenvalue weighted by atomic mass is 10.1. The highest BCUT2D eigenvalue weighted by atomic mass is 15.2. The first-order chi connectivity index (χ1) is 15.9. The lowest BCUT2D eigenvalue weighted by Gasteiger charge is -2.08. The van der Waals surface area contributed by atoms with E-state index in [1.165, 1.54) is 5.39 Å². The lowest BCUT2D eigenvalue weighted by Crippen LogP contribution is -2.02. The van der Waals surface area contributed by atoms with Crippen LogP contribution in [0.15, 0.2) is 103 Å². The van der Waals surface area contributed by atoms with Crippen LogP contribution in [-0.4, -0.2) is 24.1 Å². The zero-order chi connectivity index (χ0) is 21.1. The summed E-state index contributed by atoms with van der Waals surface area (Å²) in [7, 11) is 0. The van der Waals surface area contributed by atoms with E-state index in [9.17, 15) is 0 Å². The molecule has 0 saturated carbocycles. The van der Waals surface area contributed by atoms with Crippen LogP contribution < -0.4 is 0 Å². The molecular weight excluding hydrogens is 394 g/mol. The molecule has 0 N–H and O–H groups in total. The van der Waals surface area contributed by atoms with Crippen molar-refractivity contribution >= 4 is 43.9 Å². The van der Waals surface area contributed by atoms with Crippen LogP contribution in [0.25, 0.3) is 55.5 Å². The van der Waals surface area contributed by atoms with E-state index < -0.39 is 0 Å². The van der Waals surface area contributed by atoms with Crippen molar-refractivity contribution in [3.63, 3.8) is 0 Å². The molecule has 0 bridgehead atoms. The quantitative estimate of drug-likeness (QED) is 0.347. The van der Waals surface area contributed by atoms with Gasteiger partial charge in [-0.3, -0.25) is 9.13 Å². The summed E-state index contributed by atoms with van der Waals surface area (Å²) in [5.74, 6) is 0.618. The van der Waals surface area contributed by atoms with Crippen molar-refractivity contribution in [3.8, 4) is 11.6 Å². The van der Waals surface area contributed by atoms with Crippen molar-refractivity contribution in [2.24, 2.45) is 0 Å². The molecule has 0 unspecified atom stereocenters. The van der Waals surface area contributed by atoms with Gasteiger partial charge < -0.3 is 0 Å². The van der Waals surface area contributed by atoms with Gasteiger partial charge in [0.1, 0.15) is 5.65 Å². The van der Waals surface area contributed by atoms with Crippen molar-refractivity contribution in [3.05, 3.63) is 103 Å². The SMILES string of the molecule is c1ccc(-n2c3ccccc3c3cc4c5ccccc5n(-c5ncccn5)c4nc32)cc1. The van der Waals surface area contributed by atoms with E-state index in [0.29, 0.717) is 5.95 Å². The van der Waals surface area contributed by atoms with Crippen molar-refractivity contribution in [2.45, 2.75) is 0 Å². The fourth-order valence-electron chi connectivity index (χ4n) is 4.70. The fraction of sp³-hybridized carbons (Fsp3) is 0. The molecule has 5 nitrogen and oxygen atoms in total. The Balaban J connectivity index is 1.71. The normalized spacial score (nSPS) is 11.8. The van der Waals surface area contributed by atoms with E-state index in [2.05, 4.69) is 91.9 Å². The Morgan fingerprint density at radius 3 is 1.75 bits per heavy atom. The van der Waals surface area contributed by atoms with Gasteiger partial charge in [0.2, 0.25) is 5.95 Å². The van der Waals surface area contributed by atoms with Gasteiger partial charge in [-0.2, -0.15) is 0 Å². The molecule has 0 aliphatic heterocycles. The topological polar surface area (TPSA) is 48.5 Å². The maximum absolute atomic E-state index is 5.25. The first-order valence-electron chi connectivity index (χ1n) is 10.6. The number of benzene rings is 3. The fourth-order valence-corrected chi connectivity index (χ4v) is 4.70. The number of para-hydroxylation sites is 3. The first kappa shape index (κ1) is 17.2. The summed E-state index contributed by atoms with van der Waals surface area (Å²) in [6, 6.07) is 31.3. The molecular formula is C27H17N5. The number of hydrogen-bond donors (Lipinski definition) is 0. The molecule has 0 spiro atoms. The number of nitrogens with zero attached hydrogens (tertiary/aromatic N) is 5. The number of aromatic nitrogens is 5. The Kier molecular flexibility index (Phi) is 3.49. The number of pyridine rings is 1. The highest BCUT2D eigenvalue weighted by molar-refractivity contribution is 6.16. The van der Waals surface area contributed by atoms with Crippen LogP contribution >= 0.6 is 0 Å². The van der Waals surface area contributed by atoms with Gasteiger partial charge >= 0.3 is 0 Å². The molecule has 0 radical (unpaired) electrons. The summed E-state index contributed by atoms with van der Waals surface area (Å²) in [6.45, 7) is 0. The van der Waals surface area contributed by atoms with Gasteiger partial charge in [0, 0.05) is 39.6 Å². The molecule has 3 aromatic carbocycles. The van der Waals surface area contributed by atoms with Crippen LogP contribution in [0, 0.1) is 0 Å². The van der Waals surface area contributed by atoms with Crippen molar-refractivity contribution in [2.75, 3.05) is 0 Å². The highest BCUT2D eigenvalue weighted by Gasteiger charge is 2.19. The van der Waals surface area contributed by atoms with Crippen LogP contribution in [0.4, 0.5) is 0 Å². The van der Waals surface area contributed by atoms with Crippen LogP contribution in [0.3, 0.4) is 0 Å². The average molecular weight is 411 g/mol. The van der Waals surface area contributed by atoms with Crippen molar-refractivity contribution in [1.82, 2.24) is 24.1 Å².